The Hall–Kier alpha value is -0.770. The van der Waals surface area contributed by atoms with Crippen molar-refractivity contribution in [2.75, 3.05) is 11.9 Å². The van der Waals surface area contributed by atoms with Crippen molar-refractivity contribution in [1.82, 2.24) is 5.32 Å². The highest BCUT2D eigenvalue weighted by Gasteiger charge is 2.20. The van der Waals surface area contributed by atoms with E-state index in [1.807, 2.05) is 25.1 Å². The number of piperidine rings is 1. The lowest BCUT2D eigenvalue weighted by Gasteiger charge is -2.23. The summed E-state index contributed by atoms with van der Waals surface area (Å²) in [7, 11) is 0. The number of halogens is 2. The van der Waals surface area contributed by atoms with E-state index >= 15 is 0 Å². The molecule has 1 atom stereocenters. The predicted octanol–water partition coefficient (Wildman–Crippen LogP) is 3.15. The summed E-state index contributed by atoms with van der Waals surface area (Å²) >= 11 is 6.02. The third-order valence-electron chi connectivity index (χ3n) is 3.15. The van der Waals surface area contributed by atoms with Crippen LogP contribution in [0.3, 0.4) is 0 Å². The predicted molar refractivity (Wildman–Crippen MR) is 77.7 cm³/mol. The van der Waals surface area contributed by atoms with Crippen LogP contribution in [0.25, 0.3) is 0 Å². The van der Waals surface area contributed by atoms with Gasteiger partial charge in [0.15, 0.2) is 0 Å². The molecule has 1 amide bonds. The molecule has 18 heavy (non-hydrogen) atoms. The fourth-order valence-electron chi connectivity index (χ4n) is 2.04. The number of hydrogen-bond donors (Lipinski definition) is 2. The van der Waals surface area contributed by atoms with E-state index in [0.717, 1.165) is 37.1 Å². The zero-order valence-corrected chi connectivity index (χ0v) is 11.9. The number of rotatable bonds is 2. The summed E-state index contributed by atoms with van der Waals surface area (Å²) in [5.74, 6) is 0.0371. The maximum absolute atomic E-state index is 12.0. The van der Waals surface area contributed by atoms with Crippen LogP contribution in [0.15, 0.2) is 18.2 Å². The average Bonchev–Trinajstić information content (AvgIpc) is 2.36. The number of carbonyl (C=O) groups is 1. The largest absolute Gasteiger partial charge is 0.324 e. The second kappa shape index (κ2) is 6.98. The van der Waals surface area contributed by atoms with Gasteiger partial charge in [-0.3, -0.25) is 4.79 Å². The van der Waals surface area contributed by atoms with Crippen LogP contribution in [0.5, 0.6) is 0 Å². The smallest absolute Gasteiger partial charge is 0.241 e. The van der Waals surface area contributed by atoms with Crippen LogP contribution in [0.1, 0.15) is 24.8 Å². The van der Waals surface area contributed by atoms with Crippen molar-refractivity contribution in [3.05, 3.63) is 28.8 Å². The lowest BCUT2D eigenvalue weighted by Crippen LogP contribution is -2.43. The molecule has 0 spiro atoms. The van der Waals surface area contributed by atoms with Gasteiger partial charge in [-0.25, -0.2) is 0 Å². The van der Waals surface area contributed by atoms with Gasteiger partial charge in [0.1, 0.15) is 0 Å². The van der Waals surface area contributed by atoms with Crippen molar-refractivity contribution in [3.63, 3.8) is 0 Å². The molecule has 3 nitrogen and oxygen atoms in total. The first-order chi connectivity index (χ1) is 8.18. The van der Waals surface area contributed by atoms with E-state index in [0.29, 0.717) is 5.02 Å². The van der Waals surface area contributed by atoms with Gasteiger partial charge < -0.3 is 10.6 Å². The van der Waals surface area contributed by atoms with Crippen LogP contribution in [0.2, 0.25) is 5.02 Å². The number of nitrogens with one attached hydrogen (secondary N) is 2. The minimum Gasteiger partial charge on any atom is -0.324 e. The van der Waals surface area contributed by atoms with E-state index in [1.54, 1.807) is 0 Å². The second-order valence-electron chi connectivity index (χ2n) is 4.40. The molecule has 0 unspecified atom stereocenters. The molecule has 1 aliphatic rings. The van der Waals surface area contributed by atoms with E-state index < -0.39 is 0 Å². The molecule has 1 saturated heterocycles. The molecule has 0 radical (unpaired) electrons. The highest BCUT2D eigenvalue weighted by Crippen LogP contribution is 2.23. The normalized spacial score (nSPS) is 18.9. The molecule has 1 aromatic rings. The van der Waals surface area contributed by atoms with Crippen molar-refractivity contribution >= 4 is 35.6 Å². The summed E-state index contributed by atoms with van der Waals surface area (Å²) in [6.45, 7) is 2.83. The number of carbonyl (C=O) groups excluding carboxylic acids is 1. The monoisotopic (exact) mass is 288 g/mol. The Balaban J connectivity index is 0.00000162. The molecule has 1 aromatic carbocycles. The minimum absolute atomic E-state index is 0. The molecule has 2 rings (SSSR count). The Morgan fingerprint density at radius 1 is 1.44 bits per heavy atom. The first kappa shape index (κ1) is 15.3. The van der Waals surface area contributed by atoms with Gasteiger partial charge in [0.25, 0.3) is 0 Å². The standard InChI is InChI=1S/C13H17ClN2O.ClH/c1-9-10(14)5-4-7-11(9)16-13(17)12-6-2-3-8-15-12;/h4-5,7,12,15H,2-3,6,8H2,1H3,(H,16,17);1H/t12-;/m1./s1. The Morgan fingerprint density at radius 2 is 2.22 bits per heavy atom. The first-order valence-electron chi connectivity index (χ1n) is 5.98. The SMILES string of the molecule is Cc1c(Cl)cccc1NC(=O)[C@H]1CCCCN1.Cl. The highest BCUT2D eigenvalue weighted by atomic mass is 35.5. The Labute approximate surface area is 119 Å². The van der Waals surface area contributed by atoms with Gasteiger partial charge in [0.05, 0.1) is 6.04 Å². The summed E-state index contributed by atoms with van der Waals surface area (Å²) in [4.78, 5) is 12.0. The number of amides is 1. The highest BCUT2D eigenvalue weighted by molar-refractivity contribution is 6.31. The minimum atomic E-state index is -0.0675. The molecule has 0 bridgehead atoms. The molecule has 5 heteroatoms. The van der Waals surface area contributed by atoms with Crippen LogP contribution in [-0.2, 0) is 4.79 Å². The van der Waals surface area contributed by atoms with Crippen molar-refractivity contribution in [2.45, 2.75) is 32.2 Å². The number of benzene rings is 1. The summed E-state index contributed by atoms with van der Waals surface area (Å²) in [6, 6.07) is 5.48. The first-order valence-corrected chi connectivity index (χ1v) is 6.35. The zero-order valence-electron chi connectivity index (χ0n) is 10.3. The molecule has 100 valence electrons. The van der Waals surface area contributed by atoms with Crippen molar-refractivity contribution in [2.24, 2.45) is 0 Å². The van der Waals surface area contributed by atoms with Crippen molar-refractivity contribution in [1.29, 1.82) is 0 Å². The molecule has 1 fully saturated rings. The van der Waals surface area contributed by atoms with Gasteiger partial charge in [-0.1, -0.05) is 24.1 Å². The van der Waals surface area contributed by atoms with Gasteiger partial charge in [-0.05, 0) is 44.0 Å². The Morgan fingerprint density at radius 3 is 2.89 bits per heavy atom. The van der Waals surface area contributed by atoms with E-state index in [9.17, 15) is 4.79 Å². The van der Waals surface area contributed by atoms with Crippen LogP contribution in [0.4, 0.5) is 5.69 Å². The Kier molecular flexibility index (Phi) is 5.93. The molecular weight excluding hydrogens is 271 g/mol. The third-order valence-corrected chi connectivity index (χ3v) is 3.56. The van der Waals surface area contributed by atoms with Crippen LogP contribution in [-0.4, -0.2) is 18.5 Å². The van der Waals surface area contributed by atoms with Gasteiger partial charge in [-0.2, -0.15) is 0 Å². The lowest BCUT2D eigenvalue weighted by atomic mass is 10.0. The molecule has 0 aliphatic carbocycles. The fraction of sp³-hybridized carbons (Fsp3) is 0.462. The molecule has 0 saturated carbocycles. The Bertz CT molecular complexity index is 417. The van der Waals surface area contributed by atoms with Gasteiger partial charge in [0.2, 0.25) is 5.91 Å². The summed E-state index contributed by atoms with van der Waals surface area (Å²) < 4.78 is 0. The summed E-state index contributed by atoms with van der Waals surface area (Å²) in [6.07, 6.45) is 3.17. The lowest BCUT2D eigenvalue weighted by molar-refractivity contribution is -0.118. The maximum Gasteiger partial charge on any atom is 0.241 e. The third kappa shape index (κ3) is 3.61. The second-order valence-corrected chi connectivity index (χ2v) is 4.81. The molecule has 1 heterocycles. The van der Waals surface area contributed by atoms with E-state index in [1.165, 1.54) is 0 Å². The van der Waals surface area contributed by atoms with Crippen LogP contribution in [0, 0.1) is 6.92 Å². The van der Waals surface area contributed by atoms with E-state index in [2.05, 4.69) is 10.6 Å². The van der Waals surface area contributed by atoms with Gasteiger partial charge in [-0.15, -0.1) is 12.4 Å². The number of hydrogen-bond acceptors (Lipinski definition) is 2. The van der Waals surface area contributed by atoms with Crippen LogP contribution >= 0.6 is 24.0 Å². The summed E-state index contributed by atoms with van der Waals surface area (Å²) in [5.41, 5.74) is 1.72. The van der Waals surface area contributed by atoms with Gasteiger partial charge >= 0.3 is 0 Å². The van der Waals surface area contributed by atoms with E-state index in [-0.39, 0.29) is 24.4 Å². The van der Waals surface area contributed by atoms with E-state index in [4.69, 9.17) is 11.6 Å². The molecule has 2 N–H and O–H groups in total. The molecule has 0 aromatic heterocycles. The topological polar surface area (TPSA) is 41.1 Å². The van der Waals surface area contributed by atoms with Crippen molar-refractivity contribution in [3.8, 4) is 0 Å². The summed E-state index contributed by atoms with van der Waals surface area (Å²) in [5, 5.41) is 6.84. The molecule has 1 aliphatic heterocycles. The molecular formula is C13H18Cl2N2O. The average molecular weight is 289 g/mol. The number of anilines is 1. The maximum atomic E-state index is 12.0. The quantitative estimate of drug-likeness (QED) is 0.878. The van der Waals surface area contributed by atoms with Gasteiger partial charge in [0, 0.05) is 10.7 Å². The zero-order chi connectivity index (χ0) is 12.3. The van der Waals surface area contributed by atoms with Crippen molar-refractivity contribution < 1.29 is 4.79 Å². The van der Waals surface area contributed by atoms with Crippen LogP contribution < -0.4 is 10.6 Å². The fourth-order valence-corrected chi connectivity index (χ4v) is 2.21.